The fourth-order valence-corrected chi connectivity index (χ4v) is 7.62. The molecule has 4 amide bonds. The molecule has 21 heteroatoms. The van der Waals surface area contributed by atoms with E-state index in [4.69, 9.17) is 67.5 Å². The van der Waals surface area contributed by atoms with Gasteiger partial charge in [0.25, 0.3) is 23.6 Å². The molecule has 0 aliphatic rings. The number of anilines is 4. The summed E-state index contributed by atoms with van der Waals surface area (Å²) in [7, 11) is 3.00. The van der Waals surface area contributed by atoms with Crippen LogP contribution in [0.2, 0.25) is 10.0 Å². The van der Waals surface area contributed by atoms with Gasteiger partial charge in [0.2, 0.25) is 12.1 Å². The number of nitrogens with one attached hydrogen (secondary N) is 4. The second-order valence-corrected chi connectivity index (χ2v) is 17.1. The van der Waals surface area contributed by atoms with E-state index in [9.17, 15) is 28.8 Å². The van der Waals surface area contributed by atoms with Gasteiger partial charge in [-0.25, -0.2) is 0 Å². The molecule has 0 aromatic heterocycles. The highest BCUT2D eigenvalue weighted by molar-refractivity contribution is 6.37. The Hall–Kier alpha value is -6.43. The second kappa shape index (κ2) is 25.3. The van der Waals surface area contributed by atoms with E-state index >= 15 is 0 Å². The summed E-state index contributed by atoms with van der Waals surface area (Å²) in [5.74, 6) is -2.53. The summed E-state index contributed by atoms with van der Waals surface area (Å²) < 4.78 is 10.6. The number of aryl methyl sites for hydroxylation is 2. The van der Waals surface area contributed by atoms with Crippen LogP contribution in [-0.2, 0) is 32.0 Å². The van der Waals surface area contributed by atoms with E-state index in [-0.39, 0.29) is 43.9 Å². The summed E-state index contributed by atoms with van der Waals surface area (Å²) in [5.41, 5.74) is 3.26. The molecule has 0 saturated heterocycles. The molecule has 0 radical (unpaired) electrons. The number of hydrogen-bond acceptors (Lipinski definition) is 12. The third-order valence-electron chi connectivity index (χ3n) is 10.1. The quantitative estimate of drug-likeness (QED) is 0.0314. The number of carbonyl (C=O) groups excluding carboxylic acids is 6. The first-order chi connectivity index (χ1) is 33.0. The van der Waals surface area contributed by atoms with Gasteiger partial charge in [-0.3, -0.25) is 28.8 Å². The number of carbonyl (C=O) groups is 6. The normalized spacial score (nSPS) is 12.5. The topological polar surface area (TPSA) is 218 Å². The number of halogens is 5. The molecule has 3 unspecified atom stereocenters. The van der Waals surface area contributed by atoms with E-state index in [2.05, 4.69) is 41.7 Å². The van der Waals surface area contributed by atoms with Gasteiger partial charge < -0.3 is 30.7 Å². The van der Waals surface area contributed by atoms with E-state index in [0.717, 1.165) is 25.0 Å². The molecule has 0 heterocycles. The number of Topliss-reactive ketones (excluding diaryl/α,β-unsaturated/α-hetero) is 2. The number of methoxy groups -OCH3 is 2. The van der Waals surface area contributed by atoms with Gasteiger partial charge in [-0.05, 0) is 105 Å². The van der Waals surface area contributed by atoms with Crippen molar-refractivity contribution in [1.29, 1.82) is 0 Å². The molecule has 4 N–H and O–H groups in total. The highest BCUT2D eigenvalue weighted by Crippen LogP contribution is 2.34. The molecular weight excluding hydrogens is 994 g/mol. The first-order valence-electron chi connectivity index (χ1n) is 20.9. The number of azo groups is 2. The number of amides is 4. The van der Waals surface area contributed by atoms with E-state index in [0.29, 0.717) is 53.0 Å². The number of benzene rings is 5. The Morgan fingerprint density at radius 2 is 1.03 bits per heavy atom. The average molecular weight is 1040 g/mol. The molecule has 0 aliphatic heterocycles. The smallest absolute Gasteiger partial charge is 0.258 e. The van der Waals surface area contributed by atoms with Crippen molar-refractivity contribution in [2.45, 2.75) is 51.1 Å². The maximum Gasteiger partial charge on any atom is 0.258 e. The highest BCUT2D eigenvalue weighted by Gasteiger charge is 2.27. The zero-order valence-corrected chi connectivity index (χ0v) is 41.4. The molecule has 0 fully saturated rings. The summed E-state index contributed by atoms with van der Waals surface area (Å²) in [6.07, 6.45) is 0.950. The molecular formula is C48H45Cl5N8O8. The molecule has 0 saturated carbocycles. The summed E-state index contributed by atoms with van der Waals surface area (Å²) >= 11 is 31.7. The first-order valence-corrected chi connectivity index (χ1v) is 23.1. The van der Waals surface area contributed by atoms with Crippen molar-refractivity contribution in [3.05, 3.63) is 129 Å². The van der Waals surface area contributed by atoms with Crippen LogP contribution in [0.15, 0.2) is 111 Å². The van der Waals surface area contributed by atoms with Crippen LogP contribution in [0.25, 0.3) is 0 Å². The SMILES string of the molecule is COc1ccc(CCCl)c(NC(=O)c2cccc(N=NC(C(C)=O)C(=O)Nc3ccc(NC(=O)C(N=Nc4cccc(C(=O)Nc5cc(OC)ccc5CCCl)c4Cl)C(C)=O)c(C(C)Cl)c3)c2Cl)c1. The summed E-state index contributed by atoms with van der Waals surface area (Å²) in [4.78, 5) is 79.3. The number of alkyl halides is 3. The molecule has 0 bridgehead atoms. The van der Waals surface area contributed by atoms with Gasteiger partial charge in [0.15, 0.2) is 11.6 Å². The summed E-state index contributed by atoms with van der Waals surface area (Å²) in [6.45, 7) is 3.91. The van der Waals surface area contributed by atoms with E-state index in [1.165, 1.54) is 68.8 Å². The number of hydrogen-bond donors (Lipinski definition) is 4. The van der Waals surface area contributed by atoms with Gasteiger partial charge in [-0.2, -0.15) is 20.5 Å². The fraction of sp³-hybridized carbons (Fsp3) is 0.250. The number of ketones is 2. The molecule has 5 rings (SSSR count). The van der Waals surface area contributed by atoms with Crippen molar-refractivity contribution >= 4 is 127 Å². The molecule has 360 valence electrons. The minimum atomic E-state index is -1.65. The van der Waals surface area contributed by atoms with Gasteiger partial charge in [-0.15, -0.1) is 34.8 Å². The van der Waals surface area contributed by atoms with Gasteiger partial charge in [0, 0.05) is 46.6 Å². The minimum Gasteiger partial charge on any atom is -0.497 e. The number of rotatable bonds is 21. The Bertz CT molecular complexity index is 2820. The maximum atomic E-state index is 13.6. The predicted octanol–water partition coefficient (Wildman–Crippen LogP) is 11.7. The van der Waals surface area contributed by atoms with Crippen molar-refractivity contribution in [2.24, 2.45) is 20.5 Å². The average Bonchev–Trinajstić information content (AvgIpc) is 3.31. The predicted molar refractivity (Wildman–Crippen MR) is 270 cm³/mol. The fourth-order valence-electron chi connectivity index (χ4n) is 6.53. The van der Waals surface area contributed by atoms with Crippen molar-refractivity contribution in [3.63, 3.8) is 0 Å². The number of nitrogens with zero attached hydrogens (tertiary/aromatic N) is 4. The van der Waals surface area contributed by atoms with Crippen LogP contribution in [0.3, 0.4) is 0 Å². The van der Waals surface area contributed by atoms with Crippen LogP contribution in [-0.4, -0.2) is 73.3 Å². The minimum absolute atomic E-state index is 0.00949. The van der Waals surface area contributed by atoms with Gasteiger partial charge >= 0.3 is 0 Å². The van der Waals surface area contributed by atoms with E-state index < -0.39 is 52.7 Å². The molecule has 0 spiro atoms. The van der Waals surface area contributed by atoms with Crippen molar-refractivity contribution in [2.75, 3.05) is 47.2 Å². The lowest BCUT2D eigenvalue weighted by Crippen LogP contribution is -2.32. The van der Waals surface area contributed by atoms with E-state index in [1.807, 2.05) is 0 Å². The first kappa shape index (κ1) is 53.5. The lowest BCUT2D eigenvalue weighted by molar-refractivity contribution is -0.127. The third kappa shape index (κ3) is 14.1. The third-order valence-corrected chi connectivity index (χ3v) is 11.5. The lowest BCUT2D eigenvalue weighted by atomic mass is 10.1. The molecule has 5 aromatic carbocycles. The molecule has 0 aliphatic carbocycles. The van der Waals surface area contributed by atoms with Crippen molar-refractivity contribution in [3.8, 4) is 11.5 Å². The van der Waals surface area contributed by atoms with Gasteiger partial charge in [-0.1, -0.05) is 47.5 Å². The molecule has 16 nitrogen and oxygen atoms in total. The lowest BCUT2D eigenvalue weighted by Gasteiger charge is -2.17. The van der Waals surface area contributed by atoms with Crippen molar-refractivity contribution < 1.29 is 38.2 Å². The summed E-state index contributed by atoms with van der Waals surface area (Å²) in [5, 5.41) is 26.1. The second-order valence-electron chi connectivity index (χ2n) is 15.0. The van der Waals surface area contributed by atoms with Crippen molar-refractivity contribution in [1.82, 2.24) is 0 Å². The Morgan fingerprint density at radius 1 is 0.580 bits per heavy atom. The molecule has 5 aromatic rings. The zero-order valence-electron chi connectivity index (χ0n) is 37.7. The highest BCUT2D eigenvalue weighted by atomic mass is 35.5. The summed E-state index contributed by atoms with van der Waals surface area (Å²) in [6, 6.07) is 20.3. The molecule has 69 heavy (non-hydrogen) atoms. The van der Waals surface area contributed by atoms with Crippen LogP contribution in [0, 0.1) is 0 Å². The Balaban J connectivity index is 1.29. The largest absolute Gasteiger partial charge is 0.497 e. The van der Waals surface area contributed by atoms with E-state index in [1.54, 1.807) is 43.3 Å². The monoisotopic (exact) mass is 1040 g/mol. The van der Waals surface area contributed by atoms with Crippen LogP contribution >= 0.6 is 58.0 Å². The van der Waals surface area contributed by atoms with Crippen LogP contribution in [0.4, 0.5) is 34.1 Å². The Kier molecular flexibility index (Phi) is 19.6. The number of ether oxygens (including phenoxy) is 2. The Morgan fingerprint density at radius 3 is 1.43 bits per heavy atom. The standard InChI is InChI=1S/C48H45Cl5N8O8/c1-25(51)35-22-30(54-47(66)43(26(2)62)60-58-37-10-6-8-33(41(37)52)45(64)56-39-23-31(68-4)15-12-28(39)18-20-49)14-17-36(35)55-48(67)44(27(3)63)61-59-38-11-7-9-34(42(38)53)46(65)57-40-24-32(69-5)16-13-29(40)19-21-50/h6-17,22-25,43-44H,18-21H2,1-5H3,(H,54,66)(H,55,67)(H,56,64)(H,57,65). The van der Waals surface area contributed by atoms with Gasteiger partial charge in [0.1, 0.15) is 22.9 Å². The zero-order chi connectivity index (χ0) is 50.4. The van der Waals surface area contributed by atoms with Crippen LogP contribution in [0.5, 0.6) is 11.5 Å². The molecule has 3 atom stereocenters. The van der Waals surface area contributed by atoms with Crippen LogP contribution in [0.1, 0.15) is 63.6 Å². The Labute approximate surface area is 422 Å². The van der Waals surface area contributed by atoms with Crippen LogP contribution < -0.4 is 30.7 Å². The maximum absolute atomic E-state index is 13.6. The van der Waals surface area contributed by atoms with Gasteiger partial charge in [0.05, 0.1) is 40.8 Å².